The van der Waals surface area contributed by atoms with Crippen molar-refractivity contribution in [1.82, 2.24) is 9.88 Å². The second-order valence-corrected chi connectivity index (χ2v) is 5.63. The van der Waals surface area contributed by atoms with Crippen molar-refractivity contribution in [3.8, 4) is 10.6 Å². The number of hydrogen-bond donors (Lipinski definition) is 1. The van der Waals surface area contributed by atoms with Gasteiger partial charge in [-0.1, -0.05) is 12.1 Å². The minimum absolute atomic E-state index is 0.0360. The van der Waals surface area contributed by atoms with Gasteiger partial charge in [0.2, 0.25) is 0 Å². The van der Waals surface area contributed by atoms with E-state index in [0.29, 0.717) is 18.7 Å². The Hall–Kier alpha value is -1.72. The first-order valence-electron chi connectivity index (χ1n) is 7.16. The summed E-state index contributed by atoms with van der Waals surface area (Å²) in [5.74, 6) is 0.0360. The van der Waals surface area contributed by atoms with Gasteiger partial charge in [-0.3, -0.25) is 4.79 Å². The zero-order chi connectivity index (χ0) is 15.1. The third kappa shape index (κ3) is 4.12. The lowest BCUT2D eigenvalue weighted by Crippen LogP contribution is -2.31. The molecule has 0 aliphatic carbocycles. The Morgan fingerprint density at radius 1 is 1.38 bits per heavy atom. The number of carbonyl (C=O) groups excluding carboxylic acids is 1. The Balaban J connectivity index is 2.12. The van der Waals surface area contributed by atoms with Gasteiger partial charge < -0.3 is 10.0 Å². The van der Waals surface area contributed by atoms with Gasteiger partial charge >= 0.3 is 0 Å². The van der Waals surface area contributed by atoms with E-state index >= 15 is 0 Å². The minimum Gasteiger partial charge on any atom is -0.396 e. The molecule has 0 saturated carbocycles. The van der Waals surface area contributed by atoms with Crippen molar-refractivity contribution in [2.24, 2.45) is 0 Å². The van der Waals surface area contributed by atoms with E-state index in [1.54, 1.807) is 17.5 Å². The van der Waals surface area contributed by atoms with Gasteiger partial charge in [-0.05, 0) is 31.9 Å². The van der Waals surface area contributed by atoms with Crippen LogP contribution in [0.4, 0.5) is 0 Å². The minimum atomic E-state index is 0.0360. The van der Waals surface area contributed by atoms with Gasteiger partial charge in [0.05, 0.1) is 0 Å². The first kappa shape index (κ1) is 15.7. The number of benzene rings is 1. The number of thiazole rings is 1. The Kier molecular flexibility index (Phi) is 5.90. The topological polar surface area (TPSA) is 53.4 Å². The largest absolute Gasteiger partial charge is 0.396 e. The lowest BCUT2D eigenvalue weighted by atomic mass is 10.1. The van der Waals surface area contributed by atoms with Crippen LogP contribution < -0.4 is 0 Å². The number of hydrogen-bond acceptors (Lipinski definition) is 4. The van der Waals surface area contributed by atoms with Gasteiger partial charge in [0.15, 0.2) is 0 Å². The fourth-order valence-electron chi connectivity index (χ4n) is 2.15. The van der Waals surface area contributed by atoms with E-state index < -0.39 is 0 Å². The van der Waals surface area contributed by atoms with Crippen molar-refractivity contribution in [2.45, 2.75) is 19.8 Å². The number of carbonyl (C=O) groups is 1. The maximum absolute atomic E-state index is 12.5. The molecule has 2 rings (SSSR count). The SMILES string of the molecule is CCN(CCCCO)C(=O)c1cccc(-c2nccs2)c1. The molecule has 0 unspecified atom stereocenters. The summed E-state index contributed by atoms with van der Waals surface area (Å²) in [6, 6.07) is 7.60. The Labute approximate surface area is 129 Å². The van der Waals surface area contributed by atoms with E-state index in [1.165, 1.54) is 0 Å². The summed E-state index contributed by atoms with van der Waals surface area (Å²) in [4.78, 5) is 18.6. The van der Waals surface area contributed by atoms with E-state index in [2.05, 4.69) is 4.98 Å². The zero-order valence-corrected chi connectivity index (χ0v) is 13.0. The molecule has 1 heterocycles. The fraction of sp³-hybridized carbons (Fsp3) is 0.375. The predicted molar refractivity (Wildman–Crippen MR) is 85.4 cm³/mol. The Bertz CT molecular complexity index is 569. The van der Waals surface area contributed by atoms with Crippen LogP contribution in [0, 0.1) is 0 Å². The first-order valence-corrected chi connectivity index (χ1v) is 8.04. The third-order valence-electron chi connectivity index (χ3n) is 3.29. The maximum atomic E-state index is 12.5. The van der Waals surface area contributed by atoms with Crippen molar-refractivity contribution in [3.05, 3.63) is 41.4 Å². The standard InChI is InChI=1S/C16H20N2O2S/c1-2-18(9-3-4-10-19)16(20)14-7-5-6-13(12-14)15-17-8-11-21-15/h5-8,11-12,19H,2-4,9-10H2,1H3. The fourth-order valence-corrected chi connectivity index (χ4v) is 2.79. The molecule has 112 valence electrons. The van der Waals surface area contributed by atoms with Crippen LogP contribution in [0.5, 0.6) is 0 Å². The van der Waals surface area contributed by atoms with Crippen molar-refractivity contribution in [2.75, 3.05) is 19.7 Å². The number of rotatable bonds is 7. The molecule has 0 bridgehead atoms. The number of unbranched alkanes of at least 4 members (excludes halogenated alkanes) is 1. The molecule has 1 aromatic heterocycles. The summed E-state index contributed by atoms with van der Waals surface area (Å²) < 4.78 is 0. The molecule has 4 nitrogen and oxygen atoms in total. The average molecular weight is 304 g/mol. The van der Waals surface area contributed by atoms with Crippen LogP contribution in [0.15, 0.2) is 35.8 Å². The molecular formula is C16H20N2O2S. The summed E-state index contributed by atoms with van der Waals surface area (Å²) in [6.45, 7) is 3.50. The van der Waals surface area contributed by atoms with Crippen LogP contribution in [0.25, 0.3) is 10.6 Å². The molecule has 5 heteroatoms. The Morgan fingerprint density at radius 2 is 2.24 bits per heavy atom. The van der Waals surface area contributed by atoms with E-state index in [-0.39, 0.29) is 12.5 Å². The molecule has 0 atom stereocenters. The highest BCUT2D eigenvalue weighted by atomic mass is 32.1. The molecule has 0 aliphatic heterocycles. The molecule has 0 radical (unpaired) electrons. The van der Waals surface area contributed by atoms with Crippen LogP contribution >= 0.6 is 11.3 Å². The number of amides is 1. The molecule has 21 heavy (non-hydrogen) atoms. The normalized spacial score (nSPS) is 10.6. The molecular weight excluding hydrogens is 284 g/mol. The Morgan fingerprint density at radius 3 is 2.90 bits per heavy atom. The van der Waals surface area contributed by atoms with Crippen molar-refractivity contribution in [1.29, 1.82) is 0 Å². The van der Waals surface area contributed by atoms with Crippen LogP contribution in [0.3, 0.4) is 0 Å². The second-order valence-electron chi connectivity index (χ2n) is 4.73. The predicted octanol–water partition coefficient (Wildman–Crippen LogP) is 3.04. The van der Waals surface area contributed by atoms with Crippen molar-refractivity contribution >= 4 is 17.2 Å². The summed E-state index contributed by atoms with van der Waals surface area (Å²) in [7, 11) is 0. The van der Waals surface area contributed by atoms with E-state index in [0.717, 1.165) is 23.4 Å². The number of aliphatic hydroxyl groups is 1. The average Bonchev–Trinajstić information content (AvgIpc) is 3.06. The first-order chi connectivity index (χ1) is 10.3. The molecule has 1 aromatic carbocycles. The van der Waals surface area contributed by atoms with Gasteiger partial charge in [-0.2, -0.15) is 0 Å². The highest BCUT2D eigenvalue weighted by molar-refractivity contribution is 7.13. The smallest absolute Gasteiger partial charge is 0.253 e. The highest BCUT2D eigenvalue weighted by Crippen LogP contribution is 2.23. The molecule has 0 saturated heterocycles. The summed E-state index contributed by atoms with van der Waals surface area (Å²) in [5.41, 5.74) is 1.66. The van der Waals surface area contributed by atoms with Crippen molar-refractivity contribution < 1.29 is 9.90 Å². The number of nitrogens with zero attached hydrogens (tertiary/aromatic N) is 2. The van der Waals surface area contributed by atoms with E-state index in [1.807, 2.05) is 41.5 Å². The van der Waals surface area contributed by atoms with Gasteiger partial charge in [0, 0.05) is 42.4 Å². The van der Waals surface area contributed by atoms with Gasteiger partial charge in [-0.25, -0.2) is 4.98 Å². The molecule has 2 aromatic rings. The molecule has 1 N–H and O–H groups in total. The summed E-state index contributed by atoms with van der Waals surface area (Å²) >= 11 is 1.56. The molecule has 1 amide bonds. The second kappa shape index (κ2) is 7.90. The molecule has 0 aliphatic rings. The zero-order valence-electron chi connectivity index (χ0n) is 12.2. The number of aliphatic hydroxyl groups excluding tert-OH is 1. The molecule has 0 fully saturated rings. The van der Waals surface area contributed by atoms with Crippen LogP contribution in [0.1, 0.15) is 30.1 Å². The summed E-state index contributed by atoms with van der Waals surface area (Å²) in [6.07, 6.45) is 3.31. The van der Waals surface area contributed by atoms with Gasteiger partial charge in [-0.15, -0.1) is 11.3 Å². The number of aromatic nitrogens is 1. The van der Waals surface area contributed by atoms with Crippen LogP contribution in [0.2, 0.25) is 0 Å². The van der Waals surface area contributed by atoms with Crippen LogP contribution in [-0.4, -0.2) is 40.6 Å². The quantitative estimate of drug-likeness (QED) is 0.800. The lowest BCUT2D eigenvalue weighted by Gasteiger charge is -2.21. The maximum Gasteiger partial charge on any atom is 0.253 e. The van der Waals surface area contributed by atoms with E-state index in [9.17, 15) is 4.79 Å². The third-order valence-corrected chi connectivity index (χ3v) is 4.12. The summed E-state index contributed by atoms with van der Waals surface area (Å²) in [5, 5.41) is 11.7. The van der Waals surface area contributed by atoms with Gasteiger partial charge in [0.1, 0.15) is 5.01 Å². The van der Waals surface area contributed by atoms with Gasteiger partial charge in [0.25, 0.3) is 5.91 Å². The monoisotopic (exact) mass is 304 g/mol. The lowest BCUT2D eigenvalue weighted by molar-refractivity contribution is 0.0759. The van der Waals surface area contributed by atoms with E-state index in [4.69, 9.17) is 5.11 Å². The molecule has 0 spiro atoms. The van der Waals surface area contributed by atoms with Crippen molar-refractivity contribution in [3.63, 3.8) is 0 Å². The highest BCUT2D eigenvalue weighted by Gasteiger charge is 2.14. The van der Waals surface area contributed by atoms with Crippen LogP contribution in [-0.2, 0) is 0 Å².